The number of hydrogen-bond donors (Lipinski definition) is 1. The second-order valence-corrected chi connectivity index (χ2v) is 19.0. The molecular formula is C41H65N5O4. The molecular weight excluding hydrogens is 626 g/mol. The third-order valence-electron chi connectivity index (χ3n) is 16.6. The van der Waals surface area contributed by atoms with Crippen LogP contribution in [0.25, 0.3) is 4.85 Å². The number of carbonyl (C=O) groups is 2. The Labute approximate surface area is 301 Å². The summed E-state index contributed by atoms with van der Waals surface area (Å²) in [6.45, 7) is 23.9. The molecule has 4 heterocycles. The first-order chi connectivity index (χ1) is 24.0. The number of nitrogens with one attached hydrogen (secondary N) is 1. The van der Waals surface area contributed by atoms with Crippen molar-refractivity contribution in [3.8, 4) is 0 Å². The maximum absolute atomic E-state index is 13.2. The minimum Gasteiger partial charge on any atom is -0.353 e. The van der Waals surface area contributed by atoms with Crippen LogP contribution in [0.2, 0.25) is 0 Å². The van der Waals surface area contributed by atoms with Crippen molar-refractivity contribution in [3.05, 3.63) is 11.4 Å². The zero-order valence-corrected chi connectivity index (χ0v) is 31.5. The summed E-state index contributed by atoms with van der Waals surface area (Å²) < 4.78 is 13.5. The van der Waals surface area contributed by atoms with E-state index in [0.29, 0.717) is 53.3 Å². The van der Waals surface area contributed by atoms with Crippen LogP contribution in [0.15, 0.2) is 0 Å². The van der Waals surface area contributed by atoms with Crippen molar-refractivity contribution in [2.75, 3.05) is 52.5 Å². The van der Waals surface area contributed by atoms with Gasteiger partial charge in [0.25, 0.3) is 6.67 Å². The maximum atomic E-state index is 13.2. The largest absolute Gasteiger partial charge is 0.353 e. The SMILES string of the molecule is [C-]#[N+]CN1CCN(C2CCN(C(=O)CC(=O)N[C@@H]3CC[C@]4(C)C5CC[C@]6(C)[C@@H]7[C@H](C[C@H]6[C@@H]5CC[C@@H]4C3)O[C@]3(CC[C@@H](C)CO3)[C@H]7C)CC2)CC1. The highest BCUT2D eigenvalue weighted by molar-refractivity contribution is 5.97. The fourth-order valence-corrected chi connectivity index (χ4v) is 13.8. The molecule has 1 unspecified atom stereocenters. The molecule has 0 radical (unpaired) electrons. The van der Waals surface area contributed by atoms with Gasteiger partial charge in [-0.3, -0.25) is 19.3 Å². The molecule has 12 atom stereocenters. The predicted octanol–water partition coefficient (Wildman–Crippen LogP) is 5.79. The molecule has 8 rings (SSSR count). The number of piperidine rings is 1. The van der Waals surface area contributed by atoms with Gasteiger partial charge in [0.1, 0.15) is 6.42 Å². The predicted molar refractivity (Wildman–Crippen MR) is 192 cm³/mol. The minimum atomic E-state index is -0.336. The highest BCUT2D eigenvalue weighted by Crippen LogP contribution is 2.71. The smallest absolute Gasteiger partial charge is 0.270 e. The molecule has 9 heteroatoms. The second-order valence-electron chi connectivity index (χ2n) is 19.0. The van der Waals surface area contributed by atoms with Gasteiger partial charge < -0.3 is 19.7 Å². The lowest BCUT2D eigenvalue weighted by atomic mass is 9.44. The number of carbonyl (C=O) groups excluding carboxylic acids is 2. The van der Waals surface area contributed by atoms with Crippen LogP contribution in [0.3, 0.4) is 0 Å². The lowest BCUT2D eigenvalue weighted by molar-refractivity contribution is -0.273. The number of fused-ring (bicyclic) bond motifs is 7. The van der Waals surface area contributed by atoms with Crippen LogP contribution in [-0.4, -0.2) is 103 Å². The van der Waals surface area contributed by atoms with Gasteiger partial charge in [-0.05, 0) is 117 Å². The Morgan fingerprint density at radius 1 is 0.860 bits per heavy atom. The quantitative estimate of drug-likeness (QED) is 0.291. The molecule has 1 spiro atoms. The van der Waals surface area contributed by atoms with Crippen LogP contribution in [-0.2, 0) is 19.1 Å². The molecule has 4 aliphatic carbocycles. The molecule has 4 saturated heterocycles. The highest BCUT2D eigenvalue weighted by Gasteiger charge is 2.69. The van der Waals surface area contributed by atoms with E-state index >= 15 is 0 Å². The Morgan fingerprint density at radius 2 is 1.62 bits per heavy atom. The van der Waals surface area contributed by atoms with Crippen LogP contribution in [0.5, 0.6) is 0 Å². The fraction of sp³-hybridized carbons (Fsp3) is 0.927. The maximum Gasteiger partial charge on any atom is 0.270 e. The van der Waals surface area contributed by atoms with E-state index in [2.05, 4.69) is 47.7 Å². The number of nitrogens with zero attached hydrogens (tertiary/aromatic N) is 4. The van der Waals surface area contributed by atoms with Crippen molar-refractivity contribution >= 4 is 11.8 Å². The molecule has 278 valence electrons. The molecule has 2 amide bonds. The van der Waals surface area contributed by atoms with Crippen molar-refractivity contribution in [1.82, 2.24) is 20.0 Å². The number of hydrogen-bond acceptors (Lipinski definition) is 6. The monoisotopic (exact) mass is 692 g/mol. The topological polar surface area (TPSA) is 78.7 Å². The number of rotatable bonds is 5. The second kappa shape index (κ2) is 13.6. The van der Waals surface area contributed by atoms with E-state index in [9.17, 15) is 9.59 Å². The fourth-order valence-electron chi connectivity index (χ4n) is 13.8. The molecule has 0 bridgehead atoms. The Morgan fingerprint density at radius 3 is 2.34 bits per heavy atom. The van der Waals surface area contributed by atoms with Crippen LogP contribution in [0.1, 0.15) is 111 Å². The zero-order chi connectivity index (χ0) is 34.8. The molecule has 4 saturated carbocycles. The Bertz CT molecular complexity index is 1310. The first-order valence-corrected chi connectivity index (χ1v) is 20.7. The summed E-state index contributed by atoms with van der Waals surface area (Å²) in [4.78, 5) is 36.6. The van der Waals surface area contributed by atoms with Gasteiger partial charge in [-0.15, -0.1) is 0 Å². The number of ether oxygens (including phenoxy) is 2. The Balaban J connectivity index is 0.813. The van der Waals surface area contributed by atoms with Crippen LogP contribution < -0.4 is 5.32 Å². The summed E-state index contributed by atoms with van der Waals surface area (Å²) in [7, 11) is 0. The summed E-state index contributed by atoms with van der Waals surface area (Å²) in [5.74, 6) is 4.28. The summed E-state index contributed by atoms with van der Waals surface area (Å²) in [5.41, 5.74) is 0.704. The van der Waals surface area contributed by atoms with Crippen LogP contribution in [0, 0.1) is 58.8 Å². The summed E-state index contributed by atoms with van der Waals surface area (Å²) in [5, 5.41) is 3.34. The van der Waals surface area contributed by atoms with E-state index in [1.807, 2.05) is 4.90 Å². The average Bonchev–Trinajstić information content (AvgIpc) is 3.56. The average molecular weight is 692 g/mol. The molecule has 1 N–H and O–H groups in total. The van der Waals surface area contributed by atoms with Gasteiger partial charge >= 0.3 is 0 Å². The van der Waals surface area contributed by atoms with Gasteiger partial charge in [-0.2, -0.15) is 0 Å². The molecule has 4 aliphatic heterocycles. The Hall–Kier alpha value is -1.73. The van der Waals surface area contributed by atoms with E-state index < -0.39 is 0 Å². The van der Waals surface area contributed by atoms with E-state index in [4.69, 9.17) is 16.0 Å². The van der Waals surface area contributed by atoms with Gasteiger partial charge in [-0.25, -0.2) is 11.5 Å². The standard InChI is InChI=1S/C41H65N5O4/c1-27-8-15-41(49-25-27)28(2)38-35(50-41)23-34-32-7-6-29-22-30(9-13-39(29,3)33(32)10-14-40(34,38)4)43-36(47)24-37(48)46-16-11-31(12-17-46)45-20-18-44(19-21-45)26-42-5/h27-35,38H,6-26H2,1-4H3,(H,43,47)/t27-,28+,29-,30-,32-,33?,34+,35+,38+,39+,40+,41-/m1/s1. The summed E-state index contributed by atoms with van der Waals surface area (Å²) in [6.07, 6.45) is 14.3. The lowest BCUT2D eigenvalue weighted by Gasteiger charge is -2.61. The molecule has 0 aromatic heterocycles. The third kappa shape index (κ3) is 6.04. The van der Waals surface area contributed by atoms with Crippen molar-refractivity contribution < 1.29 is 19.1 Å². The van der Waals surface area contributed by atoms with Gasteiger partial charge in [0.15, 0.2) is 5.79 Å². The van der Waals surface area contributed by atoms with E-state index in [-0.39, 0.29) is 30.1 Å². The van der Waals surface area contributed by atoms with E-state index in [0.717, 1.165) is 95.7 Å². The summed E-state index contributed by atoms with van der Waals surface area (Å²) >= 11 is 0. The first-order valence-electron chi connectivity index (χ1n) is 20.7. The molecule has 50 heavy (non-hydrogen) atoms. The normalized spacial score (nSPS) is 46.8. The molecule has 9 nitrogen and oxygen atoms in total. The van der Waals surface area contributed by atoms with Gasteiger partial charge in [0, 0.05) is 63.7 Å². The Kier molecular flexibility index (Phi) is 9.60. The van der Waals surface area contributed by atoms with Gasteiger partial charge in [-0.1, -0.05) is 27.7 Å². The first kappa shape index (κ1) is 35.3. The molecule has 8 aliphatic rings. The van der Waals surface area contributed by atoms with Crippen molar-refractivity contribution in [2.24, 2.45) is 52.3 Å². The van der Waals surface area contributed by atoms with Crippen molar-refractivity contribution in [2.45, 2.75) is 135 Å². The number of amides is 2. The van der Waals surface area contributed by atoms with Crippen molar-refractivity contribution in [3.63, 3.8) is 0 Å². The van der Waals surface area contributed by atoms with Gasteiger partial charge in [0.2, 0.25) is 11.8 Å². The lowest BCUT2D eigenvalue weighted by Crippen LogP contribution is -2.56. The van der Waals surface area contributed by atoms with Crippen LogP contribution in [0.4, 0.5) is 0 Å². The summed E-state index contributed by atoms with van der Waals surface area (Å²) in [6, 6.07) is 0.700. The van der Waals surface area contributed by atoms with E-state index in [1.165, 1.54) is 44.9 Å². The van der Waals surface area contributed by atoms with Crippen molar-refractivity contribution in [1.29, 1.82) is 0 Å². The molecule has 0 aromatic rings. The third-order valence-corrected chi connectivity index (χ3v) is 16.6. The number of likely N-dealkylation sites (tertiary alicyclic amines) is 1. The van der Waals surface area contributed by atoms with Gasteiger partial charge in [0.05, 0.1) is 12.7 Å². The zero-order valence-electron chi connectivity index (χ0n) is 31.5. The number of piperazine rings is 1. The molecule has 0 aromatic carbocycles. The van der Waals surface area contributed by atoms with E-state index in [1.54, 1.807) is 0 Å². The highest BCUT2D eigenvalue weighted by atomic mass is 16.7. The van der Waals surface area contributed by atoms with Crippen LogP contribution >= 0.6 is 0 Å². The minimum absolute atomic E-state index is 0.00982. The molecule has 8 fully saturated rings.